The van der Waals surface area contributed by atoms with Crippen LogP contribution < -0.4 is 14.8 Å². The molecule has 0 bridgehead atoms. The summed E-state index contributed by atoms with van der Waals surface area (Å²) in [5, 5.41) is 4.90. The van der Waals surface area contributed by atoms with Crippen molar-refractivity contribution in [2.24, 2.45) is 0 Å². The number of aromatic amines is 1. The largest absolute Gasteiger partial charge is 0.454 e. The Balaban J connectivity index is 1.40. The third kappa shape index (κ3) is 3.05. The SMILES string of the molecule is O=C(c1ccccc1)N1CCc2[nH]c3nccc(Nc4c(Cl)ccc5c4OCO5)c3c2C1. The van der Waals surface area contributed by atoms with Gasteiger partial charge in [0.05, 0.1) is 10.7 Å². The summed E-state index contributed by atoms with van der Waals surface area (Å²) >= 11 is 6.48. The summed E-state index contributed by atoms with van der Waals surface area (Å²) in [6.07, 6.45) is 2.48. The van der Waals surface area contributed by atoms with Gasteiger partial charge in [0.2, 0.25) is 6.79 Å². The lowest BCUT2D eigenvalue weighted by Crippen LogP contribution is -2.35. The minimum atomic E-state index is 0.0264. The molecule has 0 spiro atoms. The van der Waals surface area contributed by atoms with Gasteiger partial charge in [-0.25, -0.2) is 4.98 Å². The van der Waals surface area contributed by atoms with Gasteiger partial charge in [0.15, 0.2) is 11.5 Å². The number of aromatic nitrogens is 2. The molecule has 2 aromatic carbocycles. The molecule has 1 amide bonds. The Bertz CT molecular complexity index is 1350. The summed E-state index contributed by atoms with van der Waals surface area (Å²) in [6, 6.07) is 14.9. The zero-order valence-corrected chi connectivity index (χ0v) is 17.8. The average molecular weight is 447 g/mol. The molecule has 160 valence electrons. The van der Waals surface area contributed by atoms with Gasteiger partial charge in [0.1, 0.15) is 11.3 Å². The first-order valence-electron chi connectivity index (χ1n) is 10.4. The molecule has 7 nitrogen and oxygen atoms in total. The second-order valence-electron chi connectivity index (χ2n) is 7.79. The summed E-state index contributed by atoms with van der Waals surface area (Å²) in [7, 11) is 0. The fraction of sp³-hybridized carbons (Fsp3) is 0.167. The summed E-state index contributed by atoms with van der Waals surface area (Å²) in [5.74, 6) is 1.27. The maximum absolute atomic E-state index is 13.1. The van der Waals surface area contributed by atoms with Gasteiger partial charge < -0.3 is 24.7 Å². The number of nitrogens with zero attached hydrogens (tertiary/aromatic N) is 2. The number of pyridine rings is 1. The van der Waals surface area contributed by atoms with Crippen LogP contribution in [0.15, 0.2) is 54.7 Å². The van der Waals surface area contributed by atoms with Crippen LogP contribution in [0.4, 0.5) is 11.4 Å². The van der Waals surface area contributed by atoms with Crippen molar-refractivity contribution in [1.82, 2.24) is 14.9 Å². The summed E-state index contributed by atoms with van der Waals surface area (Å²) < 4.78 is 11.1. The van der Waals surface area contributed by atoms with Crippen molar-refractivity contribution in [3.8, 4) is 11.5 Å². The smallest absolute Gasteiger partial charge is 0.254 e. The van der Waals surface area contributed by atoms with E-state index in [0.29, 0.717) is 40.9 Å². The van der Waals surface area contributed by atoms with Crippen LogP contribution in [0.25, 0.3) is 11.0 Å². The van der Waals surface area contributed by atoms with Gasteiger partial charge in [0.25, 0.3) is 5.91 Å². The number of H-pyrrole nitrogens is 1. The molecule has 2 N–H and O–H groups in total. The number of nitrogens with one attached hydrogen (secondary N) is 2. The zero-order valence-electron chi connectivity index (χ0n) is 17.0. The fourth-order valence-corrected chi connectivity index (χ4v) is 4.57. The van der Waals surface area contributed by atoms with Gasteiger partial charge in [0, 0.05) is 47.9 Å². The van der Waals surface area contributed by atoms with Crippen molar-refractivity contribution < 1.29 is 14.3 Å². The zero-order chi connectivity index (χ0) is 21.7. The van der Waals surface area contributed by atoms with Crippen LogP contribution in [-0.4, -0.2) is 34.1 Å². The molecule has 4 heterocycles. The highest BCUT2D eigenvalue weighted by atomic mass is 35.5. The van der Waals surface area contributed by atoms with E-state index < -0.39 is 0 Å². The van der Waals surface area contributed by atoms with Crippen molar-refractivity contribution in [2.45, 2.75) is 13.0 Å². The van der Waals surface area contributed by atoms with E-state index in [0.717, 1.165) is 34.4 Å². The number of carbonyl (C=O) groups is 1. The van der Waals surface area contributed by atoms with Gasteiger partial charge in [-0.05, 0) is 30.3 Å². The standard InChI is InChI=1S/C24H19ClN4O3/c25-16-6-7-19-22(32-13-31-19)21(16)27-18-8-10-26-23-20(18)15-12-29(11-9-17(15)28-23)24(30)14-4-2-1-3-5-14/h1-8,10H,9,11-13H2,(H2,26,27,28). The number of hydrogen-bond acceptors (Lipinski definition) is 5. The van der Waals surface area contributed by atoms with E-state index in [-0.39, 0.29) is 12.7 Å². The predicted octanol–water partition coefficient (Wildman–Crippen LogP) is 4.89. The molecule has 6 rings (SSSR count). The lowest BCUT2D eigenvalue weighted by atomic mass is 10.0. The Hall–Kier alpha value is -3.71. The first-order valence-corrected chi connectivity index (χ1v) is 10.7. The average Bonchev–Trinajstić information content (AvgIpc) is 3.45. The van der Waals surface area contributed by atoms with E-state index in [1.54, 1.807) is 18.3 Å². The van der Waals surface area contributed by atoms with Crippen LogP contribution in [0.2, 0.25) is 5.02 Å². The van der Waals surface area contributed by atoms with Crippen molar-refractivity contribution in [3.05, 3.63) is 76.6 Å². The quantitative estimate of drug-likeness (QED) is 0.468. The third-order valence-corrected chi connectivity index (χ3v) is 6.24. The van der Waals surface area contributed by atoms with E-state index in [4.69, 9.17) is 21.1 Å². The number of carbonyl (C=O) groups excluding carboxylic acids is 1. The van der Waals surface area contributed by atoms with Crippen LogP contribution in [0.3, 0.4) is 0 Å². The summed E-state index contributed by atoms with van der Waals surface area (Å²) in [5.41, 5.74) is 5.12. The van der Waals surface area contributed by atoms with Crippen molar-refractivity contribution in [1.29, 1.82) is 0 Å². The number of hydrogen-bond donors (Lipinski definition) is 2. The van der Waals surface area contributed by atoms with Crippen LogP contribution in [-0.2, 0) is 13.0 Å². The van der Waals surface area contributed by atoms with Gasteiger partial charge in [-0.3, -0.25) is 4.79 Å². The molecular formula is C24H19ClN4O3. The Morgan fingerprint density at radius 1 is 1.12 bits per heavy atom. The maximum Gasteiger partial charge on any atom is 0.254 e. The fourth-order valence-electron chi connectivity index (χ4n) is 4.38. The second kappa shape index (κ2) is 7.46. The molecule has 2 aliphatic rings. The summed E-state index contributed by atoms with van der Waals surface area (Å²) in [4.78, 5) is 22.9. The Morgan fingerprint density at radius 2 is 2.00 bits per heavy atom. The predicted molar refractivity (Wildman–Crippen MR) is 122 cm³/mol. The molecule has 2 aromatic heterocycles. The second-order valence-corrected chi connectivity index (χ2v) is 8.20. The van der Waals surface area contributed by atoms with Gasteiger partial charge in [-0.1, -0.05) is 29.8 Å². The third-order valence-electron chi connectivity index (χ3n) is 5.92. The number of anilines is 2. The van der Waals surface area contributed by atoms with E-state index in [2.05, 4.69) is 15.3 Å². The molecule has 0 radical (unpaired) electrons. The number of benzene rings is 2. The maximum atomic E-state index is 13.1. The van der Waals surface area contributed by atoms with Crippen molar-refractivity contribution >= 4 is 39.9 Å². The monoisotopic (exact) mass is 446 g/mol. The number of ether oxygens (including phenoxy) is 2. The number of fused-ring (bicyclic) bond motifs is 4. The first-order chi connectivity index (χ1) is 15.7. The first kappa shape index (κ1) is 19.0. The highest BCUT2D eigenvalue weighted by Crippen LogP contribution is 2.45. The number of halogens is 1. The van der Waals surface area contributed by atoms with Crippen molar-refractivity contribution in [2.75, 3.05) is 18.7 Å². The molecule has 4 aromatic rings. The Morgan fingerprint density at radius 3 is 2.88 bits per heavy atom. The summed E-state index contributed by atoms with van der Waals surface area (Å²) in [6.45, 7) is 1.31. The molecule has 0 unspecified atom stereocenters. The lowest BCUT2D eigenvalue weighted by Gasteiger charge is -2.27. The van der Waals surface area contributed by atoms with Gasteiger partial charge >= 0.3 is 0 Å². The topological polar surface area (TPSA) is 79.5 Å². The highest BCUT2D eigenvalue weighted by Gasteiger charge is 2.27. The molecule has 0 saturated heterocycles. The lowest BCUT2D eigenvalue weighted by molar-refractivity contribution is 0.0735. The normalized spacial score (nSPS) is 14.5. The molecule has 0 atom stereocenters. The number of amides is 1. The van der Waals surface area contributed by atoms with E-state index in [1.807, 2.05) is 41.3 Å². The molecular weight excluding hydrogens is 428 g/mol. The van der Waals surface area contributed by atoms with Crippen LogP contribution in [0.1, 0.15) is 21.6 Å². The van der Waals surface area contributed by atoms with Crippen molar-refractivity contribution in [3.63, 3.8) is 0 Å². The molecule has 0 fully saturated rings. The van der Waals surface area contributed by atoms with Crippen LogP contribution in [0, 0.1) is 0 Å². The molecule has 32 heavy (non-hydrogen) atoms. The van der Waals surface area contributed by atoms with E-state index in [1.165, 1.54) is 0 Å². The van der Waals surface area contributed by atoms with E-state index >= 15 is 0 Å². The molecule has 0 saturated carbocycles. The minimum Gasteiger partial charge on any atom is -0.454 e. The minimum absolute atomic E-state index is 0.0264. The van der Waals surface area contributed by atoms with E-state index in [9.17, 15) is 4.79 Å². The van der Waals surface area contributed by atoms with Gasteiger partial charge in [-0.15, -0.1) is 0 Å². The highest BCUT2D eigenvalue weighted by molar-refractivity contribution is 6.34. The van der Waals surface area contributed by atoms with Crippen LogP contribution >= 0.6 is 11.6 Å². The molecule has 0 aliphatic carbocycles. The number of rotatable bonds is 3. The van der Waals surface area contributed by atoms with Gasteiger partial charge in [-0.2, -0.15) is 0 Å². The molecule has 8 heteroatoms. The molecule has 2 aliphatic heterocycles. The Labute approximate surface area is 188 Å². The van der Waals surface area contributed by atoms with Crippen LogP contribution in [0.5, 0.6) is 11.5 Å². The Kier molecular flexibility index (Phi) is 4.43.